The lowest BCUT2D eigenvalue weighted by Crippen LogP contribution is -2.41. The molecule has 0 radical (unpaired) electrons. The molecule has 6 nitrogen and oxygen atoms in total. The highest BCUT2D eigenvalue weighted by Gasteiger charge is 2.28. The van der Waals surface area contributed by atoms with E-state index >= 15 is 0 Å². The number of anilines is 1. The van der Waals surface area contributed by atoms with Gasteiger partial charge in [-0.3, -0.25) is 9.59 Å². The molecule has 2 heterocycles. The predicted molar refractivity (Wildman–Crippen MR) is 131 cm³/mol. The number of carbonyl (C=O) groups excluding carboxylic acids is 2. The van der Waals surface area contributed by atoms with E-state index < -0.39 is 0 Å². The molecule has 1 N–H and O–H groups in total. The Bertz CT molecular complexity index is 1090. The van der Waals surface area contributed by atoms with Crippen LogP contribution in [0.2, 0.25) is 5.02 Å². The molecule has 0 spiro atoms. The van der Waals surface area contributed by atoms with E-state index in [1.54, 1.807) is 18.2 Å². The first-order valence-electron chi connectivity index (χ1n) is 10.9. The van der Waals surface area contributed by atoms with Gasteiger partial charge in [0.2, 0.25) is 5.91 Å². The first kappa shape index (κ1) is 23.1. The predicted octanol–water partition coefficient (Wildman–Crippen LogP) is 6.08. The summed E-state index contributed by atoms with van der Waals surface area (Å²) in [5, 5.41) is 5.37. The number of nitrogens with one attached hydrogen (secondary N) is 1. The van der Waals surface area contributed by atoms with Crippen LogP contribution in [0.25, 0.3) is 0 Å². The van der Waals surface area contributed by atoms with Crippen LogP contribution in [0.3, 0.4) is 0 Å². The zero-order valence-electron chi connectivity index (χ0n) is 18.3. The third-order valence-electron chi connectivity index (χ3n) is 5.45. The van der Waals surface area contributed by atoms with Gasteiger partial charge in [0, 0.05) is 24.0 Å². The van der Waals surface area contributed by atoms with Crippen LogP contribution < -0.4 is 14.8 Å². The molecular formula is C25H25ClN2O4S. The molecule has 8 heteroatoms. The summed E-state index contributed by atoms with van der Waals surface area (Å²) in [5.74, 6) is 1.63. The summed E-state index contributed by atoms with van der Waals surface area (Å²) in [6.45, 7) is 3.63. The molecular weight excluding hydrogens is 460 g/mol. The van der Waals surface area contributed by atoms with Gasteiger partial charge in [-0.05, 0) is 73.7 Å². The Morgan fingerprint density at radius 3 is 2.48 bits per heavy atom. The van der Waals surface area contributed by atoms with Crippen LogP contribution in [-0.4, -0.2) is 36.4 Å². The summed E-state index contributed by atoms with van der Waals surface area (Å²) >= 11 is 7.62. The molecule has 1 aliphatic heterocycles. The minimum Gasteiger partial charge on any atom is -0.494 e. The number of rotatable bonds is 7. The number of hydrogen-bond donors (Lipinski definition) is 1. The molecule has 1 aromatic heterocycles. The lowest BCUT2D eigenvalue weighted by Gasteiger charge is -2.31. The van der Waals surface area contributed by atoms with Crippen molar-refractivity contribution in [2.24, 2.45) is 5.92 Å². The van der Waals surface area contributed by atoms with Gasteiger partial charge in [0.1, 0.15) is 11.5 Å². The number of halogens is 1. The van der Waals surface area contributed by atoms with Gasteiger partial charge in [0.05, 0.1) is 17.2 Å². The highest BCUT2D eigenvalue weighted by Crippen LogP contribution is 2.33. The molecule has 1 saturated heterocycles. The Labute approximate surface area is 202 Å². The second-order valence-corrected chi connectivity index (χ2v) is 9.06. The van der Waals surface area contributed by atoms with Crippen molar-refractivity contribution in [3.63, 3.8) is 0 Å². The lowest BCUT2D eigenvalue weighted by molar-refractivity contribution is -0.121. The van der Waals surface area contributed by atoms with Crippen LogP contribution >= 0.6 is 22.9 Å². The van der Waals surface area contributed by atoms with Crippen molar-refractivity contribution >= 4 is 40.4 Å². The number of amides is 2. The summed E-state index contributed by atoms with van der Waals surface area (Å²) in [6, 6.07) is 16.1. The van der Waals surface area contributed by atoms with E-state index in [4.69, 9.17) is 21.1 Å². The SMILES string of the molecule is CCOc1ccc(Oc2ccc(Cl)cc2NC(=O)C2CCN(C(=O)c3cccs3)CC2)cc1. The third-order valence-corrected chi connectivity index (χ3v) is 6.54. The average molecular weight is 485 g/mol. The molecule has 0 aliphatic carbocycles. The molecule has 0 saturated carbocycles. The van der Waals surface area contributed by atoms with Gasteiger partial charge in [-0.25, -0.2) is 0 Å². The van der Waals surface area contributed by atoms with Gasteiger partial charge < -0.3 is 19.7 Å². The van der Waals surface area contributed by atoms with E-state index in [0.717, 1.165) is 10.6 Å². The molecule has 33 heavy (non-hydrogen) atoms. The molecule has 2 amide bonds. The van der Waals surface area contributed by atoms with E-state index in [0.29, 0.717) is 54.7 Å². The highest BCUT2D eigenvalue weighted by atomic mass is 35.5. The van der Waals surface area contributed by atoms with Crippen molar-refractivity contribution in [3.8, 4) is 17.2 Å². The van der Waals surface area contributed by atoms with Crippen molar-refractivity contribution in [2.45, 2.75) is 19.8 Å². The summed E-state index contributed by atoms with van der Waals surface area (Å²) in [4.78, 5) is 28.1. The molecule has 1 aliphatic rings. The van der Waals surface area contributed by atoms with Crippen molar-refractivity contribution in [2.75, 3.05) is 25.0 Å². The topological polar surface area (TPSA) is 67.9 Å². The largest absolute Gasteiger partial charge is 0.494 e. The van der Waals surface area contributed by atoms with E-state index in [1.165, 1.54) is 11.3 Å². The molecule has 3 aromatic rings. The fourth-order valence-corrected chi connectivity index (χ4v) is 4.58. The van der Waals surface area contributed by atoms with Crippen LogP contribution in [0.1, 0.15) is 29.4 Å². The van der Waals surface area contributed by atoms with Crippen LogP contribution in [0.15, 0.2) is 60.0 Å². The maximum atomic E-state index is 13.0. The minimum absolute atomic E-state index is 0.0322. The van der Waals surface area contributed by atoms with Gasteiger partial charge in [-0.15, -0.1) is 11.3 Å². The molecule has 1 fully saturated rings. The van der Waals surface area contributed by atoms with E-state index in [-0.39, 0.29) is 17.7 Å². The zero-order valence-corrected chi connectivity index (χ0v) is 19.8. The number of hydrogen-bond acceptors (Lipinski definition) is 5. The van der Waals surface area contributed by atoms with E-state index in [9.17, 15) is 9.59 Å². The number of benzene rings is 2. The summed E-state index contributed by atoms with van der Waals surface area (Å²) in [5.41, 5.74) is 0.512. The second kappa shape index (κ2) is 10.7. The number of thiophene rings is 1. The number of ether oxygens (including phenoxy) is 2. The number of likely N-dealkylation sites (tertiary alicyclic amines) is 1. The Kier molecular flexibility index (Phi) is 7.52. The van der Waals surface area contributed by atoms with Gasteiger partial charge in [0.25, 0.3) is 5.91 Å². The van der Waals surface area contributed by atoms with Crippen molar-refractivity contribution < 1.29 is 19.1 Å². The summed E-state index contributed by atoms with van der Waals surface area (Å²) < 4.78 is 11.5. The number of carbonyl (C=O) groups is 2. The van der Waals surface area contributed by atoms with Crippen LogP contribution in [0.4, 0.5) is 5.69 Å². The lowest BCUT2D eigenvalue weighted by atomic mass is 9.95. The van der Waals surface area contributed by atoms with E-state index in [2.05, 4.69) is 5.32 Å². The zero-order chi connectivity index (χ0) is 23.2. The normalized spacial score (nSPS) is 14.1. The fourth-order valence-electron chi connectivity index (χ4n) is 3.72. The highest BCUT2D eigenvalue weighted by molar-refractivity contribution is 7.12. The van der Waals surface area contributed by atoms with Gasteiger partial charge in [-0.1, -0.05) is 17.7 Å². The Morgan fingerprint density at radius 1 is 1.09 bits per heavy atom. The minimum atomic E-state index is -0.185. The van der Waals surface area contributed by atoms with Gasteiger partial charge in [-0.2, -0.15) is 0 Å². The molecule has 4 rings (SSSR count). The maximum absolute atomic E-state index is 13.0. The second-order valence-electron chi connectivity index (χ2n) is 7.68. The number of piperidine rings is 1. The molecule has 0 unspecified atom stereocenters. The van der Waals surface area contributed by atoms with Crippen LogP contribution in [0, 0.1) is 5.92 Å². The molecule has 2 aromatic carbocycles. The third kappa shape index (κ3) is 5.86. The first-order chi connectivity index (χ1) is 16.0. The van der Waals surface area contributed by atoms with Crippen molar-refractivity contribution in [1.29, 1.82) is 0 Å². The Hall–Kier alpha value is -3.03. The average Bonchev–Trinajstić information content (AvgIpc) is 3.37. The summed E-state index contributed by atoms with van der Waals surface area (Å²) in [7, 11) is 0. The maximum Gasteiger partial charge on any atom is 0.263 e. The number of nitrogens with zero attached hydrogens (tertiary/aromatic N) is 1. The van der Waals surface area contributed by atoms with Crippen LogP contribution in [0.5, 0.6) is 17.2 Å². The molecule has 0 bridgehead atoms. The molecule has 0 atom stereocenters. The molecule has 172 valence electrons. The monoisotopic (exact) mass is 484 g/mol. The summed E-state index contributed by atoms with van der Waals surface area (Å²) in [6.07, 6.45) is 1.22. The van der Waals surface area contributed by atoms with Gasteiger partial charge >= 0.3 is 0 Å². The van der Waals surface area contributed by atoms with Crippen LogP contribution in [-0.2, 0) is 4.79 Å². The smallest absolute Gasteiger partial charge is 0.263 e. The quantitative estimate of drug-likeness (QED) is 0.441. The first-order valence-corrected chi connectivity index (χ1v) is 12.1. The van der Waals surface area contributed by atoms with Crippen molar-refractivity contribution in [1.82, 2.24) is 4.90 Å². The Balaban J connectivity index is 1.39. The van der Waals surface area contributed by atoms with E-state index in [1.807, 2.05) is 53.6 Å². The standard InChI is InChI=1S/C25H25ClN2O4S/c1-2-31-19-6-8-20(9-7-19)32-22-10-5-18(26)16-21(22)27-24(29)17-11-13-28(14-12-17)25(30)23-4-3-15-33-23/h3-10,15-17H,2,11-14H2,1H3,(H,27,29). The Morgan fingerprint density at radius 2 is 1.82 bits per heavy atom. The fraction of sp³-hybridized carbons (Fsp3) is 0.280. The van der Waals surface area contributed by atoms with Gasteiger partial charge in [0.15, 0.2) is 5.75 Å². The van der Waals surface area contributed by atoms with Crippen molar-refractivity contribution in [3.05, 3.63) is 69.9 Å².